The Kier molecular flexibility index (Phi) is 5.23. The molecule has 1 amide bonds. The molecular formula is C23H21N3O2S2. The Labute approximate surface area is 183 Å². The number of benzene rings is 2. The average Bonchev–Trinajstić information content (AvgIpc) is 3.46. The minimum absolute atomic E-state index is 0.00466. The number of hydrogen-bond acceptors (Lipinski definition) is 6. The molecule has 30 heavy (non-hydrogen) atoms. The average molecular weight is 436 g/mol. The second-order valence-electron chi connectivity index (χ2n) is 7.30. The van der Waals surface area contributed by atoms with Crippen LogP contribution in [0.15, 0.2) is 53.9 Å². The number of thiazole rings is 2. The zero-order chi connectivity index (χ0) is 20.5. The second kappa shape index (κ2) is 8.16. The highest BCUT2D eigenvalue weighted by Crippen LogP contribution is 2.37. The summed E-state index contributed by atoms with van der Waals surface area (Å²) in [6.07, 6.45) is 3.07. The normalized spacial score (nSPS) is 16.7. The monoisotopic (exact) mass is 435 g/mol. The van der Waals surface area contributed by atoms with Crippen molar-refractivity contribution in [3.63, 3.8) is 0 Å². The number of hydrogen-bond donors (Lipinski definition) is 0. The minimum atomic E-state index is -0.00466. The molecule has 2 aromatic carbocycles. The largest absolute Gasteiger partial charge is 0.497 e. The van der Waals surface area contributed by atoms with Crippen molar-refractivity contribution in [3.05, 3.63) is 64.6 Å². The highest BCUT2D eigenvalue weighted by Gasteiger charge is 2.32. The van der Waals surface area contributed by atoms with Crippen LogP contribution in [0.4, 0.5) is 0 Å². The summed E-state index contributed by atoms with van der Waals surface area (Å²) in [5.41, 5.74) is 2.51. The van der Waals surface area contributed by atoms with Gasteiger partial charge in [-0.15, -0.1) is 22.7 Å². The van der Waals surface area contributed by atoms with Crippen LogP contribution in [0.1, 0.15) is 40.8 Å². The molecule has 0 radical (unpaired) electrons. The van der Waals surface area contributed by atoms with Crippen molar-refractivity contribution in [2.75, 3.05) is 13.7 Å². The molecule has 5 nitrogen and oxygen atoms in total. The van der Waals surface area contributed by atoms with E-state index in [1.54, 1.807) is 18.4 Å². The summed E-state index contributed by atoms with van der Waals surface area (Å²) in [5, 5.41) is 3.73. The Morgan fingerprint density at radius 1 is 1.10 bits per heavy atom. The van der Waals surface area contributed by atoms with Crippen LogP contribution in [-0.2, 0) is 0 Å². The third-order valence-corrected chi connectivity index (χ3v) is 7.45. The summed E-state index contributed by atoms with van der Waals surface area (Å²) < 4.78 is 6.39. The van der Waals surface area contributed by atoms with Crippen LogP contribution in [0.2, 0.25) is 0 Å². The van der Waals surface area contributed by atoms with E-state index >= 15 is 0 Å². The number of amides is 1. The lowest BCUT2D eigenvalue weighted by Gasteiger charge is -2.34. The summed E-state index contributed by atoms with van der Waals surface area (Å²) in [4.78, 5) is 24.8. The molecule has 0 aliphatic carbocycles. The summed E-state index contributed by atoms with van der Waals surface area (Å²) in [6, 6.07) is 15.9. The first-order chi connectivity index (χ1) is 14.7. The lowest BCUT2D eigenvalue weighted by atomic mass is 10.0. The predicted octanol–water partition coefficient (Wildman–Crippen LogP) is 5.80. The van der Waals surface area contributed by atoms with E-state index in [1.807, 2.05) is 52.7 Å². The molecule has 0 N–H and O–H groups in total. The Balaban J connectivity index is 1.41. The number of rotatable bonds is 4. The van der Waals surface area contributed by atoms with Crippen molar-refractivity contribution < 1.29 is 9.53 Å². The quantitative estimate of drug-likeness (QED) is 0.407. The maximum absolute atomic E-state index is 13.4. The van der Waals surface area contributed by atoms with Crippen LogP contribution in [0, 0.1) is 0 Å². The summed E-state index contributed by atoms with van der Waals surface area (Å²) in [5.74, 6) is 0.800. The van der Waals surface area contributed by atoms with E-state index < -0.39 is 0 Å². The number of nitrogens with zero attached hydrogens (tertiary/aromatic N) is 3. The maximum atomic E-state index is 13.4. The standard InChI is InChI=1S/C23H21N3O2S2/c1-28-16-11-9-15(10-12-16)21-25-18(14-29-21)23(27)26-13-5-4-7-19(26)22-24-17-6-2-3-8-20(17)30-22/h2-3,6,8-12,14,19H,4-5,7,13H2,1H3/t19-/m0/s1. The van der Waals surface area contributed by atoms with Crippen LogP contribution in [0.25, 0.3) is 20.8 Å². The molecule has 7 heteroatoms. The highest BCUT2D eigenvalue weighted by molar-refractivity contribution is 7.18. The predicted molar refractivity (Wildman–Crippen MR) is 121 cm³/mol. The van der Waals surface area contributed by atoms with E-state index in [9.17, 15) is 4.79 Å². The first-order valence-electron chi connectivity index (χ1n) is 9.99. The number of fused-ring (bicyclic) bond motifs is 1. The van der Waals surface area contributed by atoms with E-state index in [4.69, 9.17) is 9.72 Å². The first-order valence-corrected chi connectivity index (χ1v) is 11.7. The molecular weight excluding hydrogens is 414 g/mol. The van der Waals surface area contributed by atoms with Gasteiger partial charge in [-0.2, -0.15) is 0 Å². The Bertz CT molecular complexity index is 1150. The fraction of sp³-hybridized carbons (Fsp3) is 0.261. The van der Waals surface area contributed by atoms with Gasteiger partial charge in [-0.25, -0.2) is 9.97 Å². The number of piperidine rings is 1. The molecule has 0 bridgehead atoms. The Hall–Kier alpha value is -2.77. The molecule has 0 unspecified atom stereocenters. The zero-order valence-electron chi connectivity index (χ0n) is 16.6. The van der Waals surface area contributed by atoms with E-state index in [1.165, 1.54) is 16.0 Å². The van der Waals surface area contributed by atoms with Crippen molar-refractivity contribution in [1.82, 2.24) is 14.9 Å². The number of para-hydroxylation sites is 1. The molecule has 5 rings (SSSR count). The fourth-order valence-electron chi connectivity index (χ4n) is 3.85. The summed E-state index contributed by atoms with van der Waals surface area (Å²) in [7, 11) is 1.65. The van der Waals surface area contributed by atoms with Crippen LogP contribution in [-0.4, -0.2) is 34.4 Å². The number of carbonyl (C=O) groups excluding carboxylic acids is 1. The second-order valence-corrected chi connectivity index (χ2v) is 9.22. The SMILES string of the molecule is COc1ccc(-c2nc(C(=O)N3CCCC[C@H]3c3nc4ccccc4s3)cs2)cc1. The summed E-state index contributed by atoms with van der Waals surface area (Å²) in [6.45, 7) is 0.745. The minimum Gasteiger partial charge on any atom is -0.497 e. The molecule has 152 valence electrons. The van der Waals surface area contributed by atoms with Crippen LogP contribution < -0.4 is 4.74 Å². The molecule has 1 saturated heterocycles. The van der Waals surface area contributed by atoms with Gasteiger partial charge in [-0.05, 0) is 55.7 Å². The van der Waals surface area contributed by atoms with Gasteiger partial charge < -0.3 is 9.64 Å². The molecule has 4 aromatic rings. The van der Waals surface area contributed by atoms with Gasteiger partial charge in [0.2, 0.25) is 0 Å². The van der Waals surface area contributed by atoms with Crippen LogP contribution in [0.3, 0.4) is 0 Å². The highest BCUT2D eigenvalue weighted by atomic mass is 32.1. The Morgan fingerprint density at radius 2 is 1.93 bits per heavy atom. The molecule has 3 heterocycles. The van der Waals surface area contributed by atoms with Gasteiger partial charge in [0.25, 0.3) is 5.91 Å². The topological polar surface area (TPSA) is 55.3 Å². The zero-order valence-corrected chi connectivity index (χ0v) is 18.2. The fourth-order valence-corrected chi connectivity index (χ4v) is 5.76. The van der Waals surface area contributed by atoms with Gasteiger partial charge in [-0.3, -0.25) is 4.79 Å². The third kappa shape index (κ3) is 3.59. The smallest absolute Gasteiger partial charge is 0.273 e. The maximum Gasteiger partial charge on any atom is 0.273 e. The van der Waals surface area contributed by atoms with E-state index in [0.29, 0.717) is 5.69 Å². The van der Waals surface area contributed by atoms with Gasteiger partial charge in [0.15, 0.2) is 0 Å². The third-order valence-electron chi connectivity index (χ3n) is 5.42. The van der Waals surface area contributed by atoms with E-state index in [2.05, 4.69) is 11.1 Å². The first kappa shape index (κ1) is 19.2. The van der Waals surface area contributed by atoms with Gasteiger partial charge in [0.1, 0.15) is 21.5 Å². The van der Waals surface area contributed by atoms with Gasteiger partial charge in [0.05, 0.1) is 23.4 Å². The van der Waals surface area contributed by atoms with E-state index in [-0.39, 0.29) is 11.9 Å². The summed E-state index contributed by atoms with van der Waals surface area (Å²) >= 11 is 3.19. The van der Waals surface area contributed by atoms with Crippen molar-refractivity contribution in [2.45, 2.75) is 25.3 Å². The molecule has 1 fully saturated rings. The van der Waals surface area contributed by atoms with Crippen LogP contribution >= 0.6 is 22.7 Å². The number of likely N-dealkylation sites (tertiary alicyclic amines) is 1. The number of methoxy groups -OCH3 is 1. The van der Waals surface area contributed by atoms with Crippen molar-refractivity contribution >= 4 is 38.8 Å². The van der Waals surface area contributed by atoms with Gasteiger partial charge in [-0.1, -0.05) is 12.1 Å². The molecule has 0 spiro atoms. The Morgan fingerprint density at radius 3 is 2.73 bits per heavy atom. The van der Waals surface area contributed by atoms with Crippen molar-refractivity contribution in [3.8, 4) is 16.3 Å². The molecule has 1 aliphatic heterocycles. The molecule has 2 aromatic heterocycles. The van der Waals surface area contributed by atoms with Crippen LogP contribution in [0.5, 0.6) is 5.75 Å². The molecule has 0 saturated carbocycles. The van der Waals surface area contributed by atoms with Gasteiger partial charge >= 0.3 is 0 Å². The van der Waals surface area contributed by atoms with Crippen molar-refractivity contribution in [1.29, 1.82) is 0 Å². The molecule has 1 aliphatic rings. The molecule has 1 atom stereocenters. The van der Waals surface area contributed by atoms with E-state index in [0.717, 1.165) is 52.7 Å². The number of ether oxygens (including phenoxy) is 1. The number of aromatic nitrogens is 2. The van der Waals surface area contributed by atoms with Crippen molar-refractivity contribution in [2.24, 2.45) is 0 Å². The lowest BCUT2D eigenvalue weighted by Crippen LogP contribution is -2.38. The lowest BCUT2D eigenvalue weighted by molar-refractivity contribution is 0.0606. The van der Waals surface area contributed by atoms with Gasteiger partial charge in [0, 0.05) is 17.5 Å². The number of carbonyl (C=O) groups is 1.